The lowest BCUT2D eigenvalue weighted by Crippen LogP contribution is -2.60. The van der Waals surface area contributed by atoms with Gasteiger partial charge in [-0.05, 0) is 148 Å². The minimum absolute atomic E-state index is 0.00461. The van der Waals surface area contributed by atoms with Gasteiger partial charge >= 0.3 is 12.0 Å². The molecule has 0 unspecified atom stereocenters. The number of primary amides is 1. The number of nitrogens with zero attached hydrogens (tertiary/aromatic N) is 4. The van der Waals surface area contributed by atoms with Crippen LogP contribution in [0.2, 0.25) is 0 Å². The van der Waals surface area contributed by atoms with Gasteiger partial charge in [-0.3, -0.25) is 82.3 Å². The van der Waals surface area contributed by atoms with Gasteiger partial charge in [-0.15, -0.1) is 0 Å². The molecule has 2 rings (SSSR count). The van der Waals surface area contributed by atoms with Crippen LogP contribution in [0.1, 0.15) is 206 Å². The Kier molecular flexibility index (Phi) is 54.4. The standard InChI is InChI=1S/C74H137N29O16S2/c1-3-5-20-44(62(110)99-50(27-19-39-90-73(84)85)67(115)101-52(41-120)69(117)118)93-61(109)45(21-6-4-2)94-68(116)51(31-32-55(77)104)100-66(114)49(26-18-38-89-72(82)83)98-65(113)48(25-17-37-88-71(80)81)97-64(112)47(23-12-14-34-76)96-63(111)46(22-11-13-33-75)95-60(108)43(24-16-36-87-70(78)79)92-58(107)40-91-57(106)29-8-7-15-35-86-56(105)30-10-9-28-54-59-53(42-121-54)102-74(119)103-59/h43-54,59,120H,3-42,75-76H2,1-2H3,(H2,77,104)(H,86,105)(H,91,106)(H,92,107)(H,93,109)(H,94,116)(H,95,108)(H,96,111)(H,97,112)(H,98,113)(H,99,110)(H,100,114)(H,101,115)(H,117,118)(H4,78,79,87)(H4,80,81,88)(H4,82,83,89)(H4,84,85,90)(H2,102,103,119)/t43-,44-,45-,46-,47-,48-,49-,50-,51-,52-,53-,54-,59-/m0/s1. The summed E-state index contributed by atoms with van der Waals surface area (Å²) in [5.41, 5.74) is 61.9. The van der Waals surface area contributed by atoms with Gasteiger partial charge in [0.25, 0.3) is 0 Å². The normalized spacial score (nSPS) is 16.2. The van der Waals surface area contributed by atoms with Crippen LogP contribution in [0.4, 0.5) is 4.79 Å². The third-order valence-electron chi connectivity index (χ3n) is 19.5. The van der Waals surface area contributed by atoms with Crippen molar-refractivity contribution in [3.8, 4) is 0 Å². The number of thiol groups is 1. The fraction of sp³-hybridized carbons (Fsp3) is 0.743. The maximum Gasteiger partial charge on any atom is 0.327 e. The summed E-state index contributed by atoms with van der Waals surface area (Å²) >= 11 is 5.84. The molecule has 0 spiro atoms. The number of aliphatic carboxylic acids is 1. The summed E-state index contributed by atoms with van der Waals surface area (Å²) < 4.78 is 0. The SMILES string of the molecule is CCCC[C@H](NC(=O)[C@H](CCCC)NC(=O)[C@H](CCC(N)=O)NC(=O)[C@H](CCCN=C(N)N)NC(=O)[C@H](CCCN=C(N)N)NC(=O)[C@H](CCCCN)NC(=O)[C@H](CCCCN)NC(=O)[C@H](CCCN=C(N)N)NC(=O)CNC(=O)CCCCCNC(=O)CCCC[C@@H]1SC[C@@H]2NC(=O)N[C@@H]21)C(=O)N[C@@H](CCCN=C(N)N)C(=O)N[C@@H](CS)C(=O)O. The van der Waals surface area contributed by atoms with Crippen molar-refractivity contribution in [2.24, 2.45) is 83.0 Å². The highest BCUT2D eigenvalue weighted by Crippen LogP contribution is 2.33. The van der Waals surface area contributed by atoms with Gasteiger partial charge in [0.05, 0.1) is 18.6 Å². The number of nitrogens with one attached hydrogen (secondary N) is 14. The lowest BCUT2D eigenvalue weighted by atomic mass is 10.0. The van der Waals surface area contributed by atoms with Crippen LogP contribution >= 0.6 is 24.4 Å². The predicted octanol–water partition coefficient (Wildman–Crippen LogP) is -6.51. The molecule has 2 saturated heterocycles. The zero-order valence-corrected chi connectivity index (χ0v) is 71.6. The summed E-state index contributed by atoms with van der Waals surface area (Å²) in [4.78, 5) is 221. The van der Waals surface area contributed by atoms with E-state index >= 15 is 0 Å². The maximum absolute atomic E-state index is 14.9. The lowest BCUT2D eigenvalue weighted by Gasteiger charge is -2.28. The van der Waals surface area contributed by atoms with E-state index in [9.17, 15) is 77.0 Å². The second kappa shape index (κ2) is 61.8. The molecule has 0 radical (unpaired) electrons. The van der Waals surface area contributed by atoms with Crippen LogP contribution in [0, 0.1) is 0 Å². The van der Waals surface area contributed by atoms with Gasteiger partial charge in [0.1, 0.15) is 60.4 Å². The van der Waals surface area contributed by atoms with Gasteiger partial charge in [0.2, 0.25) is 76.8 Å². The number of hydrogen-bond donors (Lipinski definition) is 27. The van der Waals surface area contributed by atoms with Crippen LogP contribution in [-0.4, -0.2) is 259 Å². The average Bonchev–Trinajstić information content (AvgIpc) is 1.67. The van der Waals surface area contributed by atoms with E-state index in [1.54, 1.807) is 6.92 Å². The Labute approximate surface area is 716 Å². The Morgan fingerprint density at radius 3 is 1.07 bits per heavy atom. The molecular weight excluding hydrogens is 1620 g/mol. The minimum Gasteiger partial charge on any atom is -0.480 e. The van der Waals surface area contributed by atoms with Crippen molar-refractivity contribution in [2.75, 3.05) is 63.9 Å². The fourth-order valence-corrected chi connectivity index (χ4v) is 14.6. The molecule has 0 aromatic rings. The summed E-state index contributed by atoms with van der Waals surface area (Å²) in [5.74, 6) is -12.2. The molecule has 121 heavy (non-hydrogen) atoms. The Morgan fingerprint density at radius 1 is 0.397 bits per heavy atom. The molecule has 0 aliphatic carbocycles. The summed E-state index contributed by atoms with van der Waals surface area (Å²) in [6, 6.07) is -14.3. The molecular formula is C74H137N29O16S2. The number of unbranched alkanes of at least 4 members (excludes halogenated alkanes) is 7. The Balaban J connectivity index is 2.45. The van der Waals surface area contributed by atoms with Crippen molar-refractivity contribution < 1.29 is 77.0 Å². The molecule has 37 N–H and O–H groups in total. The predicted molar refractivity (Wildman–Crippen MR) is 462 cm³/mol. The van der Waals surface area contributed by atoms with E-state index < -0.39 is 157 Å². The van der Waals surface area contributed by atoms with Crippen LogP contribution in [-0.2, 0) is 67.1 Å². The first-order valence-corrected chi connectivity index (χ1v) is 43.3. The zero-order chi connectivity index (χ0) is 90.2. The molecule has 686 valence electrons. The number of aliphatic imine (C=N–C) groups is 4. The number of guanidine groups is 4. The number of nitrogens with two attached hydrogens (primary N) is 11. The molecule has 2 fully saturated rings. The number of carbonyl (C=O) groups excluding carboxylic acids is 14. The van der Waals surface area contributed by atoms with Crippen molar-refractivity contribution in [3.05, 3.63) is 0 Å². The first-order valence-electron chi connectivity index (χ1n) is 41.7. The number of thioether (sulfide) groups is 1. The molecule has 47 heteroatoms. The number of urea groups is 1. The van der Waals surface area contributed by atoms with E-state index in [4.69, 9.17) is 63.1 Å². The van der Waals surface area contributed by atoms with Crippen molar-refractivity contribution in [1.29, 1.82) is 0 Å². The molecule has 2 aliphatic rings. The second-order valence-corrected chi connectivity index (χ2v) is 31.3. The smallest absolute Gasteiger partial charge is 0.327 e. The van der Waals surface area contributed by atoms with E-state index in [1.807, 2.05) is 18.7 Å². The molecule has 0 aromatic carbocycles. The van der Waals surface area contributed by atoms with Crippen LogP contribution in [0.15, 0.2) is 20.0 Å². The summed E-state index contributed by atoms with van der Waals surface area (Å²) in [7, 11) is 0. The van der Waals surface area contributed by atoms with Crippen LogP contribution in [0.25, 0.3) is 0 Å². The third kappa shape index (κ3) is 46.8. The van der Waals surface area contributed by atoms with E-state index in [-0.39, 0.29) is 189 Å². The van der Waals surface area contributed by atoms with E-state index in [2.05, 4.69) is 107 Å². The second-order valence-electron chi connectivity index (χ2n) is 29.7. The van der Waals surface area contributed by atoms with E-state index in [0.717, 1.165) is 18.6 Å². The van der Waals surface area contributed by atoms with Crippen molar-refractivity contribution >= 4 is 137 Å². The van der Waals surface area contributed by atoms with Crippen molar-refractivity contribution in [1.82, 2.24) is 74.4 Å². The largest absolute Gasteiger partial charge is 0.480 e. The highest BCUT2D eigenvalue weighted by molar-refractivity contribution is 8.00. The summed E-state index contributed by atoms with van der Waals surface area (Å²) in [6.45, 7) is 3.83. The Bertz CT molecular complexity index is 3420. The summed E-state index contributed by atoms with van der Waals surface area (Å²) in [5, 5.41) is 47.6. The Hall–Kier alpha value is -10.4. The highest BCUT2D eigenvalue weighted by atomic mass is 32.2. The van der Waals surface area contributed by atoms with Crippen LogP contribution in [0.5, 0.6) is 0 Å². The van der Waals surface area contributed by atoms with Crippen molar-refractivity contribution in [2.45, 2.75) is 284 Å². The molecule has 13 atom stereocenters. The maximum atomic E-state index is 14.9. The monoisotopic (exact) mass is 1750 g/mol. The van der Waals surface area contributed by atoms with E-state index in [1.165, 1.54) is 0 Å². The number of carboxylic acids is 1. The van der Waals surface area contributed by atoms with Gasteiger partial charge in [0, 0.05) is 68.7 Å². The van der Waals surface area contributed by atoms with Crippen LogP contribution in [0.3, 0.4) is 0 Å². The number of carboxylic acid groups (broad SMARTS) is 1. The number of rotatable bonds is 67. The molecule has 0 saturated carbocycles. The quantitative estimate of drug-likeness (QED) is 0.00885. The van der Waals surface area contributed by atoms with Crippen LogP contribution < -0.4 is 138 Å². The number of amides is 15. The third-order valence-corrected chi connectivity index (χ3v) is 21.4. The number of hydrogen-bond acceptors (Lipinski definition) is 23. The van der Waals surface area contributed by atoms with Gasteiger partial charge in [0.15, 0.2) is 23.8 Å². The highest BCUT2D eigenvalue weighted by Gasteiger charge is 2.43. The molecule has 0 bridgehead atoms. The zero-order valence-electron chi connectivity index (χ0n) is 69.9. The molecule has 2 aliphatic heterocycles. The van der Waals surface area contributed by atoms with Gasteiger partial charge < -0.3 is 143 Å². The van der Waals surface area contributed by atoms with Gasteiger partial charge in [-0.2, -0.15) is 24.4 Å². The minimum atomic E-state index is -1.65. The lowest BCUT2D eigenvalue weighted by molar-refractivity contribution is -0.141. The molecule has 15 amide bonds. The van der Waals surface area contributed by atoms with E-state index in [0.29, 0.717) is 82.4 Å². The van der Waals surface area contributed by atoms with Crippen molar-refractivity contribution in [3.63, 3.8) is 0 Å². The molecule has 45 nitrogen and oxygen atoms in total. The number of fused-ring (bicyclic) bond motifs is 1. The summed E-state index contributed by atoms with van der Waals surface area (Å²) in [6.07, 6.45) is 6.31. The average molecular weight is 1750 g/mol. The Morgan fingerprint density at radius 2 is 0.727 bits per heavy atom. The first-order chi connectivity index (χ1) is 57.7. The first kappa shape index (κ1) is 107. The number of carbonyl (C=O) groups is 15. The molecule has 0 aromatic heterocycles. The fourth-order valence-electron chi connectivity index (χ4n) is 12.8. The topological polar surface area (TPSA) is 780 Å². The van der Waals surface area contributed by atoms with Gasteiger partial charge in [-0.1, -0.05) is 52.4 Å². The molecule has 2 heterocycles. The van der Waals surface area contributed by atoms with Gasteiger partial charge in [-0.25, -0.2) is 9.59 Å².